The van der Waals surface area contributed by atoms with E-state index >= 15 is 0 Å². The molecule has 0 atom stereocenters. The van der Waals surface area contributed by atoms with Crippen LogP contribution in [0.5, 0.6) is 0 Å². The molecular weight excluding hydrogens is 438 g/mol. The first kappa shape index (κ1) is 23.9. The number of benzene rings is 3. The maximum Gasteiger partial charge on any atom is 0.203 e. The van der Waals surface area contributed by atoms with Gasteiger partial charge >= 0.3 is 0 Å². The van der Waals surface area contributed by atoms with Gasteiger partial charge in [-0.2, -0.15) is 4.99 Å². The van der Waals surface area contributed by atoms with Crippen molar-refractivity contribution in [1.29, 1.82) is 0 Å². The number of nitrogens with zero attached hydrogens (tertiary/aromatic N) is 3. The van der Waals surface area contributed by atoms with E-state index in [1.165, 1.54) is 22.2 Å². The highest BCUT2D eigenvalue weighted by atomic mass is 32.1. The van der Waals surface area contributed by atoms with E-state index in [-0.39, 0.29) is 0 Å². The van der Waals surface area contributed by atoms with Crippen molar-refractivity contribution in [3.8, 4) is 22.5 Å². The van der Waals surface area contributed by atoms with Gasteiger partial charge in [0.15, 0.2) is 0 Å². The summed E-state index contributed by atoms with van der Waals surface area (Å²) in [6.45, 7) is 14.7. The molecule has 2 aromatic rings. The number of rotatable bonds is 7. The summed E-state index contributed by atoms with van der Waals surface area (Å²) in [6, 6.07) is 19.3. The summed E-state index contributed by atoms with van der Waals surface area (Å²) in [5, 5.41) is 4.75. The molecule has 0 spiro atoms. The fourth-order valence-corrected chi connectivity index (χ4v) is 4.88. The largest absolute Gasteiger partial charge is 0.456 e. The molecule has 1 heterocycles. The minimum atomic E-state index is 0.818. The van der Waals surface area contributed by atoms with E-state index in [0.29, 0.717) is 0 Å². The summed E-state index contributed by atoms with van der Waals surface area (Å²) < 4.78 is 8.92. The highest BCUT2D eigenvalue weighted by molar-refractivity contribution is 7.78. The fraction of sp³-hybridized carbons (Fsp3) is 0.310. The van der Waals surface area contributed by atoms with Crippen molar-refractivity contribution in [3.05, 3.63) is 65.5 Å². The molecule has 4 nitrogen and oxygen atoms in total. The predicted molar refractivity (Wildman–Crippen MR) is 148 cm³/mol. The molecule has 0 saturated heterocycles. The molecule has 0 saturated carbocycles. The monoisotopic (exact) mass is 470 g/mol. The van der Waals surface area contributed by atoms with Crippen molar-refractivity contribution in [3.63, 3.8) is 0 Å². The number of fused-ring (bicyclic) bond motifs is 2. The van der Waals surface area contributed by atoms with Crippen LogP contribution in [-0.2, 0) is 0 Å². The number of hydrogen-bond donors (Lipinski definition) is 0. The van der Waals surface area contributed by atoms with Crippen molar-refractivity contribution in [2.45, 2.75) is 34.6 Å². The Morgan fingerprint density at radius 3 is 2.29 bits per heavy atom. The third kappa shape index (κ3) is 4.42. The van der Waals surface area contributed by atoms with Crippen molar-refractivity contribution in [1.82, 2.24) is 4.58 Å². The molecule has 0 unspecified atom stereocenters. The molecule has 174 valence electrons. The molecule has 0 bridgehead atoms. The number of thiocarbonyl (C=S) groups is 1. The molecule has 0 fully saturated rings. The zero-order chi connectivity index (χ0) is 24.2. The van der Waals surface area contributed by atoms with Crippen LogP contribution < -0.4 is 14.8 Å². The van der Waals surface area contributed by atoms with Gasteiger partial charge in [-0.25, -0.2) is 4.58 Å². The van der Waals surface area contributed by atoms with Gasteiger partial charge in [-0.3, -0.25) is 0 Å². The molecule has 2 aromatic carbocycles. The van der Waals surface area contributed by atoms with Gasteiger partial charge in [-0.1, -0.05) is 6.07 Å². The van der Waals surface area contributed by atoms with E-state index in [1.54, 1.807) is 0 Å². The Labute approximate surface area is 207 Å². The van der Waals surface area contributed by atoms with Crippen LogP contribution in [0.4, 0.5) is 11.4 Å². The van der Waals surface area contributed by atoms with E-state index in [1.807, 2.05) is 6.07 Å². The first-order valence-corrected chi connectivity index (χ1v) is 12.5. The van der Waals surface area contributed by atoms with Gasteiger partial charge in [0.2, 0.25) is 5.36 Å². The standard InChI is InChI=1S/C29H32N3OS/c1-6-31(7-2)22-11-14-25-27(17-22)33-28-18-23(32(8-3)9-4)12-15-26(28)29(25)24-13-10-21(30-19-34)16-20(24)5/h10-18H,6-9H2,1-5H3/q+1. The van der Waals surface area contributed by atoms with Gasteiger partial charge in [0.1, 0.15) is 24.4 Å². The summed E-state index contributed by atoms with van der Waals surface area (Å²) in [4.78, 5) is 6.50. The first-order valence-electron chi connectivity index (χ1n) is 12.1. The van der Waals surface area contributed by atoms with Crippen molar-refractivity contribution in [2.24, 2.45) is 4.99 Å². The Morgan fingerprint density at radius 1 is 0.912 bits per heavy atom. The quantitative estimate of drug-likeness (QED) is 0.127. The molecule has 5 heteroatoms. The van der Waals surface area contributed by atoms with E-state index in [2.05, 4.69) is 103 Å². The lowest BCUT2D eigenvalue weighted by Crippen LogP contribution is -2.29. The summed E-state index contributed by atoms with van der Waals surface area (Å²) in [7, 11) is 0. The molecule has 0 aromatic heterocycles. The SMILES string of the molecule is CCN(CC)c1ccc2c(-c3ccc(N=C=S)cc3C)c3ccc(=[N+](CC)CC)cc-3oc2c1. The molecule has 0 amide bonds. The second-order valence-electron chi connectivity index (χ2n) is 8.38. The number of aliphatic imine (C=N–C) groups is 1. The van der Waals surface area contributed by atoms with Crippen LogP contribution in [0.2, 0.25) is 0 Å². The Balaban J connectivity index is 2.09. The molecule has 1 aliphatic carbocycles. The topological polar surface area (TPSA) is 31.8 Å². The zero-order valence-corrected chi connectivity index (χ0v) is 21.5. The third-order valence-corrected chi connectivity index (χ3v) is 6.69. The van der Waals surface area contributed by atoms with Crippen LogP contribution >= 0.6 is 12.2 Å². The second kappa shape index (κ2) is 10.3. The van der Waals surface area contributed by atoms with Crippen molar-refractivity contribution < 1.29 is 4.42 Å². The Hall–Kier alpha value is -3.27. The van der Waals surface area contributed by atoms with E-state index in [4.69, 9.17) is 16.6 Å². The molecule has 0 radical (unpaired) electrons. The van der Waals surface area contributed by atoms with Crippen molar-refractivity contribution in [2.75, 3.05) is 31.1 Å². The number of anilines is 1. The van der Waals surface area contributed by atoms with Crippen molar-refractivity contribution >= 4 is 39.7 Å². The lowest BCUT2D eigenvalue weighted by Gasteiger charge is -2.22. The second-order valence-corrected chi connectivity index (χ2v) is 8.57. The van der Waals surface area contributed by atoms with E-state index in [0.717, 1.165) is 59.7 Å². The van der Waals surface area contributed by atoms with Crippen LogP contribution in [-0.4, -0.2) is 31.3 Å². The number of isothiocyanates is 1. The first-order chi connectivity index (χ1) is 16.5. The van der Waals surface area contributed by atoms with Gasteiger partial charge in [0.25, 0.3) is 0 Å². The highest BCUT2D eigenvalue weighted by Gasteiger charge is 2.20. The summed E-state index contributed by atoms with van der Waals surface area (Å²) in [5.41, 5.74) is 7.48. The van der Waals surface area contributed by atoms with E-state index in [9.17, 15) is 0 Å². The van der Waals surface area contributed by atoms with Gasteiger partial charge < -0.3 is 9.32 Å². The number of hydrogen-bond acceptors (Lipinski definition) is 4. The maximum absolute atomic E-state index is 6.57. The minimum absolute atomic E-state index is 0.818. The minimum Gasteiger partial charge on any atom is -0.456 e. The number of aryl methyl sites for hydroxylation is 1. The molecule has 4 rings (SSSR count). The maximum atomic E-state index is 6.57. The Morgan fingerprint density at radius 2 is 1.65 bits per heavy atom. The van der Waals surface area contributed by atoms with Crippen LogP contribution in [0.25, 0.3) is 33.4 Å². The molecule has 1 aliphatic heterocycles. The van der Waals surface area contributed by atoms with Gasteiger partial charge in [0.05, 0.1) is 16.9 Å². The summed E-state index contributed by atoms with van der Waals surface area (Å²) >= 11 is 4.80. The van der Waals surface area contributed by atoms with Crippen LogP contribution in [0, 0.1) is 6.92 Å². The van der Waals surface area contributed by atoms with E-state index < -0.39 is 0 Å². The highest BCUT2D eigenvalue weighted by Crippen LogP contribution is 2.42. The lowest BCUT2D eigenvalue weighted by atomic mass is 9.91. The smallest absolute Gasteiger partial charge is 0.203 e. The van der Waals surface area contributed by atoms with Crippen LogP contribution in [0.3, 0.4) is 0 Å². The molecular formula is C29H32N3OS+. The predicted octanol–water partition coefficient (Wildman–Crippen LogP) is 6.91. The zero-order valence-electron chi connectivity index (χ0n) is 20.7. The summed E-state index contributed by atoms with van der Waals surface area (Å²) in [6.07, 6.45) is 0. The normalized spacial score (nSPS) is 11.0. The van der Waals surface area contributed by atoms with Gasteiger partial charge in [-0.05, 0) is 88.3 Å². The average Bonchev–Trinajstić information content (AvgIpc) is 2.84. The lowest BCUT2D eigenvalue weighted by molar-refractivity contribution is 0.604. The van der Waals surface area contributed by atoms with Gasteiger partial charge in [-0.15, -0.1) is 0 Å². The van der Waals surface area contributed by atoms with Gasteiger partial charge in [0, 0.05) is 47.4 Å². The molecule has 34 heavy (non-hydrogen) atoms. The van der Waals surface area contributed by atoms with Crippen LogP contribution in [0.15, 0.2) is 64.0 Å². The Bertz CT molecular complexity index is 1420. The summed E-state index contributed by atoms with van der Waals surface area (Å²) in [5.74, 6) is 0.893. The third-order valence-electron chi connectivity index (χ3n) is 6.60. The fourth-order valence-electron chi connectivity index (χ4n) is 4.78. The van der Waals surface area contributed by atoms with Crippen LogP contribution in [0.1, 0.15) is 33.3 Å². The Kier molecular flexibility index (Phi) is 7.26. The molecule has 2 aliphatic rings. The average molecular weight is 471 g/mol. The molecule has 0 N–H and O–H groups in total.